The Bertz CT molecular complexity index is 1160. The standard InChI is InChI=1S/C19H25N5O2S2/c1-11-14(4)27-19-17(11)18(20-10-21-19)23(5)8-16-12(2)22-24(13(16)3)15-6-7-28(25,26)9-15/h10,15H,6-9H2,1-5H3/t15-/m0/s1. The zero-order valence-corrected chi connectivity index (χ0v) is 18.5. The lowest BCUT2D eigenvalue weighted by atomic mass is 10.1. The first-order valence-corrected chi connectivity index (χ1v) is 12.0. The quantitative estimate of drug-likeness (QED) is 0.646. The zero-order valence-electron chi connectivity index (χ0n) is 16.9. The molecule has 0 radical (unpaired) electrons. The van der Waals surface area contributed by atoms with Crippen LogP contribution in [0.3, 0.4) is 0 Å². The molecule has 4 heterocycles. The first kappa shape index (κ1) is 19.3. The fourth-order valence-corrected chi connectivity index (χ4v) is 6.70. The number of fused-ring (bicyclic) bond motifs is 1. The third kappa shape index (κ3) is 3.20. The van der Waals surface area contributed by atoms with Crippen LogP contribution in [-0.4, -0.2) is 46.7 Å². The average Bonchev–Trinajstić information content (AvgIpc) is 3.24. The predicted octanol–water partition coefficient (Wildman–Crippen LogP) is 3.12. The van der Waals surface area contributed by atoms with Gasteiger partial charge < -0.3 is 4.90 Å². The van der Waals surface area contributed by atoms with Crippen molar-refractivity contribution in [2.24, 2.45) is 0 Å². The van der Waals surface area contributed by atoms with Crippen LogP contribution in [0, 0.1) is 27.7 Å². The molecule has 1 fully saturated rings. The van der Waals surface area contributed by atoms with Gasteiger partial charge in [-0.1, -0.05) is 0 Å². The van der Waals surface area contributed by atoms with Gasteiger partial charge in [0.25, 0.3) is 0 Å². The highest BCUT2D eigenvalue weighted by Gasteiger charge is 2.31. The maximum Gasteiger partial charge on any atom is 0.152 e. The molecular weight excluding hydrogens is 394 g/mol. The molecular formula is C19H25N5O2S2. The number of hydrogen-bond acceptors (Lipinski definition) is 7. The lowest BCUT2D eigenvalue weighted by molar-refractivity contribution is 0.485. The molecule has 0 saturated carbocycles. The Morgan fingerprint density at radius 1 is 1.25 bits per heavy atom. The molecule has 150 valence electrons. The Kier molecular flexibility index (Phi) is 4.70. The summed E-state index contributed by atoms with van der Waals surface area (Å²) in [7, 11) is -0.912. The van der Waals surface area contributed by atoms with E-state index in [-0.39, 0.29) is 17.5 Å². The van der Waals surface area contributed by atoms with E-state index in [1.165, 1.54) is 10.4 Å². The Balaban J connectivity index is 1.67. The minimum atomic E-state index is -2.94. The molecule has 9 heteroatoms. The van der Waals surface area contributed by atoms with Crippen molar-refractivity contribution in [2.75, 3.05) is 23.5 Å². The van der Waals surface area contributed by atoms with E-state index >= 15 is 0 Å². The van der Waals surface area contributed by atoms with Crippen molar-refractivity contribution in [3.8, 4) is 0 Å². The minimum absolute atomic E-state index is 0.0599. The molecule has 1 saturated heterocycles. The Morgan fingerprint density at radius 3 is 2.68 bits per heavy atom. The van der Waals surface area contributed by atoms with Crippen LogP contribution in [-0.2, 0) is 16.4 Å². The maximum atomic E-state index is 11.9. The van der Waals surface area contributed by atoms with Crippen LogP contribution >= 0.6 is 11.3 Å². The van der Waals surface area contributed by atoms with Crippen molar-refractivity contribution >= 4 is 37.2 Å². The Hall–Kier alpha value is -2.00. The van der Waals surface area contributed by atoms with E-state index in [2.05, 4.69) is 33.8 Å². The van der Waals surface area contributed by atoms with Gasteiger partial charge in [0.15, 0.2) is 9.84 Å². The van der Waals surface area contributed by atoms with E-state index in [1.54, 1.807) is 17.7 Å². The Morgan fingerprint density at radius 2 is 2.00 bits per heavy atom. The van der Waals surface area contributed by atoms with E-state index in [9.17, 15) is 8.42 Å². The highest BCUT2D eigenvalue weighted by molar-refractivity contribution is 7.91. The molecule has 0 aliphatic carbocycles. The summed E-state index contributed by atoms with van der Waals surface area (Å²) in [6.45, 7) is 8.91. The van der Waals surface area contributed by atoms with Crippen LogP contribution in [0.25, 0.3) is 10.2 Å². The molecule has 4 rings (SSSR count). The van der Waals surface area contributed by atoms with Crippen molar-refractivity contribution in [3.63, 3.8) is 0 Å². The molecule has 0 N–H and O–H groups in total. The number of rotatable bonds is 4. The van der Waals surface area contributed by atoms with Gasteiger partial charge in [0.05, 0.1) is 28.6 Å². The number of aryl methyl sites for hydroxylation is 3. The highest BCUT2D eigenvalue weighted by Crippen LogP contribution is 2.35. The second-order valence-corrected chi connectivity index (χ2v) is 11.1. The van der Waals surface area contributed by atoms with Crippen molar-refractivity contribution in [1.29, 1.82) is 0 Å². The number of anilines is 1. The third-order valence-corrected chi connectivity index (χ3v) is 8.60. The Labute approximate surface area is 169 Å². The van der Waals surface area contributed by atoms with Gasteiger partial charge in [-0.25, -0.2) is 18.4 Å². The largest absolute Gasteiger partial charge is 0.355 e. The van der Waals surface area contributed by atoms with Crippen molar-refractivity contribution < 1.29 is 8.42 Å². The maximum absolute atomic E-state index is 11.9. The van der Waals surface area contributed by atoms with Gasteiger partial charge in [-0.05, 0) is 39.7 Å². The fraction of sp³-hybridized carbons (Fsp3) is 0.526. The summed E-state index contributed by atoms with van der Waals surface area (Å²) in [5, 5.41) is 5.79. The monoisotopic (exact) mass is 419 g/mol. The number of sulfone groups is 1. The first-order valence-electron chi connectivity index (χ1n) is 9.35. The molecule has 0 spiro atoms. The van der Waals surface area contributed by atoms with Gasteiger partial charge in [0.2, 0.25) is 0 Å². The molecule has 3 aromatic heterocycles. The summed E-state index contributed by atoms with van der Waals surface area (Å²) in [5.41, 5.74) is 4.33. The summed E-state index contributed by atoms with van der Waals surface area (Å²) in [6.07, 6.45) is 2.26. The summed E-state index contributed by atoms with van der Waals surface area (Å²) in [4.78, 5) is 13.4. The van der Waals surface area contributed by atoms with Crippen molar-refractivity contribution in [3.05, 3.63) is 33.7 Å². The molecule has 0 unspecified atom stereocenters. The third-order valence-electron chi connectivity index (χ3n) is 5.73. The first-order chi connectivity index (χ1) is 13.2. The fourth-order valence-electron chi connectivity index (χ4n) is 4.01. The molecule has 0 bridgehead atoms. The lowest BCUT2D eigenvalue weighted by Crippen LogP contribution is -2.19. The van der Waals surface area contributed by atoms with Crippen LogP contribution < -0.4 is 4.90 Å². The molecule has 28 heavy (non-hydrogen) atoms. The lowest BCUT2D eigenvalue weighted by Gasteiger charge is -2.20. The molecule has 7 nitrogen and oxygen atoms in total. The number of nitrogens with zero attached hydrogens (tertiary/aromatic N) is 5. The van der Waals surface area contributed by atoms with E-state index < -0.39 is 9.84 Å². The predicted molar refractivity (Wildman–Crippen MR) is 113 cm³/mol. The number of aromatic nitrogens is 4. The van der Waals surface area contributed by atoms with Crippen LogP contribution in [0.5, 0.6) is 0 Å². The summed E-state index contributed by atoms with van der Waals surface area (Å²) < 4.78 is 25.7. The van der Waals surface area contributed by atoms with Gasteiger partial charge >= 0.3 is 0 Å². The smallest absolute Gasteiger partial charge is 0.152 e. The van der Waals surface area contributed by atoms with Crippen molar-refractivity contribution in [1.82, 2.24) is 19.7 Å². The SMILES string of the molecule is Cc1nn([C@H]2CCS(=O)(=O)C2)c(C)c1CN(C)c1ncnc2sc(C)c(C)c12. The topological polar surface area (TPSA) is 81.0 Å². The summed E-state index contributed by atoms with van der Waals surface area (Å²) in [5.74, 6) is 1.35. The van der Waals surface area contributed by atoms with Crippen LogP contribution in [0.15, 0.2) is 6.33 Å². The van der Waals surface area contributed by atoms with Gasteiger partial charge in [0, 0.05) is 29.7 Å². The second-order valence-electron chi connectivity index (χ2n) is 7.67. The normalized spacial score (nSPS) is 18.8. The molecule has 0 amide bonds. The number of thiophene rings is 1. The molecule has 1 atom stereocenters. The molecule has 1 aliphatic rings. The molecule has 3 aromatic rings. The van der Waals surface area contributed by atoms with Gasteiger partial charge in [-0.3, -0.25) is 4.68 Å². The second kappa shape index (κ2) is 6.81. The summed E-state index contributed by atoms with van der Waals surface area (Å²) >= 11 is 1.69. The van der Waals surface area contributed by atoms with E-state index in [1.807, 2.05) is 25.6 Å². The molecule has 0 aromatic carbocycles. The average molecular weight is 420 g/mol. The van der Waals surface area contributed by atoms with Crippen LogP contribution in [0.4, 0.5) is 5.82 Å². The van der Waals surface area contributed by atoms with E-state index in [0.717, 1.165) is 33.0 Å². The highest BCUT2D eigenvalue weighted by atomic mass is 32.2. The van der Waals surface area contributed by atoms with Gasteiger partial charge in [-0.15, -0.1) is 11.3 Å². The zero-order chi connectivity index (χ0) is 20.2. The van der Waals surface area contributed by atoms with Crippen molar-refractivity contribution in [2.45, 2.75) is 46.7 Å². The van der Waals surface area contributed by atoms with Gasteiger partial charge in [0.1, 0.15) is 17.0 Å². The van der Waals surface area contributed by atoms with Crippen LogP contribution in [0.2, 0.25) is 0 Å². The minimum Gasteiger partial charge on any atom is -0.355 e. The van der Waals surface area contributed by atoms with E-state index in [0.29, 0.717) is 13.0 Å². The summed E-state index contributed by atoms with van der Waals surface area (Å²) in [6, 6.07) is -0.0599. The molecule has 1 aliphatic heterocycles. The van der Waals surface area contributed by atoms with E-state index in [4.69, 9.17) is 0 Å². The van der Waals surface area contributed by atoms with Crippen LogP contribution in [0.1, 0.15) is 39.9 Å². The number of hydrogen-bond donors (Lipinski definition) is 0. The van der Waals surface area contributed by atoms with Gasteiger partial charge in [-0.2, -0.15) is 5.10 Å².